The van der Waals surface area contributed by atoms with Gasteiger partial charge in [0.2, 0.25) is 0 Å². The number of H-pyrrole nitrogens is 1. The van der Waals surface area contributed by atoms with Gasteiger partial charge in [0.05, 0.1) is 6.42 Å². The zero-order valence-electron chi connectivity index (χ0n) is 14.5. The molecule has 2 aromatic carbocycles. The van der Waals surface area contributed by atoms with Crippen molar-refractivity contribution < 1.29 is 14.3 Å². The number of rotatable bonds is 8. The molecule has 134 valence electrons. The van der Waals surface area contributed by atoms with Gasteiger partial charge in [0, 0.05) is 23.6 Å². The van der Waals surface area contributed by atoms with E-state index in [-0.39, 0.29) is 18.9 Å². The van der Waals surface area contributed by atoms with Crippen LogP contribution in [0.4, 0.5) is 0 Å². The van der Waals surface area contributed by atoms with E-state index in [0.717, 1.165) is 29.3 Å². The molecule has 0 aliphatic rings. The van der Waals surface area contributed by atoms with E-state index in [0.29, 0.717) is 6.54 Å². The van der Waals surface area contributed by atoms with Crippen molar-refractivity contribution in [2.75, 3.05) is 13.2 Å². The minimum atomic E-state index is -0.408. The molecular weight excluding hydrogens is 328 g/mol. The predicted octanol–water partition coefficient (Wildman–Crippen LogP) is 3.00. The fraction of sp³-hybridized carbons (Fsp3) is 0.238. The number of carbonyl (C=O) groups is 2. The first-order chi connectivity index (χ1) is 12.7. The van der Waals surface area contributed by atoms with Crippen LogP contribution in [0.5, 0.6) is 0 Å². The third-order valence-electron chi connectivity index (χ3n) is 4.18. The van der Waals surface area contributed by atoms with Gasteiger partial charge in [-0.3, -0.25) is 9.59 Å². The number of fused-ring (bicyclic) bond motifs is 1. The second-order valence-corrected chi connectivity index (χ2v) is 6.14. The number of aryl methyl sites for hydroxylation is 1. The third kappa shape index (κ3) is 4.96. The summed E-state index contributed by atoms with van der Waals surface area (Å²) in [5, 5.41) is 3.77. The summed E-state index contributed by atoms with van der Waals surface area (Å²) in [5.41, 5.74) is 3.09. The second-order valence-electron chi connectivity index (χ2n) is 6.14. The maximum atomic E-state index is 12.0. The number of amides is 1. The molecule has 0 unspecified atom stereocenters. The van der Waals surface area contributed by atoms with Gasteiger partial charge >= 0.3 is 5.97 Å². The minimum Gasteiger partial charge on any atom is -0.455 e. The molecule has 0 radical (unpaired) electrons. The van der Waals surface area contributed by atoms with Gasteiger partial charge in [0.25, 0.3) is 5.91 Å². The molecule has 5 nitrogen and oxygen atoms in total. The number of benzene rings is 2. The van der Waals surface area contributed by atoms with Crippen molar-refractivity contribution in [1.29, 1.82) is 0 Å². The SMILES string of the molecule is O=C(COC(=O)Cc1c[nH]c2ccccc12)NCCCc1ccccc1. The Morgan fingerprint density at radius 1 is 1.00 bits per heavy atom. The van der Waals surface area contributed by atoms with E-state index in [1.165, 1.54) is 5.56 Å². The van der Waals surface area contributed by atoms with Crippen molar-refractivity contribution in [2.24, 2.45) is 0 Å². The molecule has 1 amide bonds. The number of para-hydroxylation sites is 1. The molecule has 0 saturated carbocycles. The van der Waals surface area contributed by atoms with E-state index in [1.54, 1.807) is 6.20 Å². The highest BCUT2D eigenvalue weighted by Crippen LogP contribution is 2.18. The number of esters is 1. The van der Waals surface area contributed by atoms with Crippen LogP contribution < -0.4 is 5.32 Å². The van der Waals surface area contributed by atoms with Crippen molar-refractivity contribution >= 4 is 22.8 Å². The lowest BCUT2D eigenvalue weighted by Gasteiger charge is -2.07. The molecule has 2 N–H and O–H groups in total. The molecule has 5 heteroatoms. The Morgan fingerprint density at radius 3 is 2.62 bits per heavy atom. The van der Waals surface area contributed by atoms with Crippen molar-refractivity contribution in [2.45, 2.75) is 19.3 Å². The molecule has 0 saturated heterocycles. The maximum Gasteiger partial charge on any atom is 0.310 e. The number of aromatic amines is 1. The average molecular weight is 350 g/mol. The van der Waals surface area contributed by atoms with Crippen LogP contribution in [0.15, 0.2) is 60.8 Å². The number of hydrogen-bond donors (Lipinski definition) is 2. The Kier molecular flexibility index (Phi) is 6.04. The molecule has 0 aliphatic heterocycles. The fourth-order valence-corrected chi connectivity index (χ4v) is 2.85. The highest BCUT2D eigenvalue weighted by molar-refractivity contribution is 5.88. The Morgan fingerprint density at radius 2 is 1.77 bits per heavy atom. The molecule has 1 heterocycles. The standard InChI is InChI=1S/C21H22N2O3/c24-20(22-12-6-9-16-7-2-1-3-8-16)15-26-21(25)13-17-14-23-19-11-5-4-10-18(17)19/h1-5,7-8,10-11,14,23H,6,9,12-13,15H2,(H,22,24). The van der Waals surface area contributed by atoms with Gasteiger partial charge in [-0.05, 0) is 30.0 Å². The topological polar surface area (TPSA) is 71.2 Å². The number of aromatic nitrogens is 1. The first-order valence-corrected chi connectivity index (χ1v) is 8.73. The molecule has 0 spiro atoms. The normalized spacial score (nSPS) is 10.6. The summed E-state index contributed by atoms with van der Waals surface area (Å²) in [5.74, 6) is -0.681. The monoisotopic (exact) mass is 350 g/mol. The van der Waals surface area contributed by atoms with E-state index in [2.05, 4.69) is 22.4 Å². The van der Waals surface area contributed by atoms with Crippen LogP contribution in [0.25, 0.3) is 10.9 Å². The molecular formula is C21H22N2O3. The summed E-state index contributed by atoms with van der Waals surface area (Å²) < 4.78 is 5.08. The van der Waals surface area contributed by atoms with Crippen molar-refractivity contribution in [1.82, 2.24) is 10.3 Å². The zero-order chi connectivity index (χ0) is 18.2. The highest BCUT2D eigenvalue weighted by atomic mass is 16.5. The summed E-state index contributed by atoms with van der Waals surface area (Å²) >= 11 is 0. The Labute approximate surface area is 152 Å². The van der Waals surface area contributed by atoms with E-state index in [1.807, 2.05) is 42.5 Å². The zero-order valence-corrected chi connectivity index (χ0v) is 14.5. The second kappa shape index (κ2) is 8.85. The first kappa shape index (κ1) is 17.7. The maximum absolute atomic E-state index is 12.0. The molecule has 0 fully saturated rings. The van der Waals surface area contributed by atoms with Gasteiger partial charge < -0.3 is 15.0 Å². The largest absolute Gasteiger partial charge is 0.455 e. The van der Waals surface area contributed by atoms with Gasteiger partial charge in [-0.15, -0.1) is 0 Å². The Balaban J connectivity index is 1.35. The quantitative estimate of drug-likeness (QED) is 0.485. The van der Waals surface area contributed by atoms with Crippen LogP contribution in [0.1, 0.15) is 17.5 Å². The lowest BCUT2D eigenvalue weighted by Crippen LogP contribution is -2.30. The smallest absolute Gasteiger partial charge is 0.310 e. The van der Waals surface area contributed by atoms with Crippen LogP contribution in [-0.2, 0) is 27.2 Å². The van der Waals surface area contributed by atoms with Crippen LogP contribution in [0.3, 0.4) is 0 Å². The number of ether oxygens (including phenoxy) is 1. The van der Waals surface area contributed by atoms with Crippen LogP contribution in [0.2, 0.25) is 0 Å². The Hall–Kier alpha value is -3.08. The lowest BCUT2D eigenvalue weighted by atomic mass is 10.1. The molecule has 0 aliphatic carbocycles. The minimum absolute atomic E-state index is 0.144. The van der Waals surface area contributed by atoms with Crippen molar-refractivity contribution in [3.05, 3.63) is 71.9 Å². The van der Waals surface area contributed by atoms with Gasteiger partial charge in [-0.2, -0.15) is 0 Å². The predicted molar refractivity (Wildman–Crippen MR) is 101 cm³/mol. The molecule has 0 atom stereocenters. The molecule has 1 aromatic heterocycles. The van der Waals surface area contributed by atoms with Crippen molar-refractivity contribution in [3.8, 4) is 0 Å². The van der Waals surface area contributed by atoms with Crippen LogP contribution in [-0.4, -0.2) is 30.0 Å². The molecule has 26 heavy (non-hydrogen) atoms. The number of carbonyl (C=O) groups excluding carboxylic acids is 2. The lowest BCUT2D eigenvalue weighted by molar-refractivity contribution is -0.147. The van der Waals surface area contributed by atoms with Crippen molar-refractivity contribution in [3.63, 3.8) is 0 Å². The first-order valence-electron chi connectivity index (χ1n) is 8.73. The fourth-order valence-electron chi connectivity index (χ4n) is 2.85. The van der Waals surface area contributed by atoms with Gasteiger partial charge in [0.15, 0.2) is 6.61 Å². The molecule has 3 aromatic rings. The van der Waals surface area contributed by atoms with Crippen LogP contribution in [0, 0.1) is 0 Å². The van der Waals surface area contributed by atoms with E-state index in [9.17, 15) is 9.59 Å². The average Bonchev–Trinajstić information content (AvgIpc) is 3.07. The third-order valence-corrected chi connectivity index (χ3v) is 4.18. The van der Waals surface area contributed by atoms with Gasteiger partial charge in [-0.25, -0.2) is 0 Å². The van der Waals surface area contributed by atoms with Crippen LogP contribution >= 0.6 is 0 Å². The number of nitrogens with one attached hydrogen (secondary N) is 2. The van der Waals surface area contributed by atoms with Gasteiger partial charge in [-0.1, -0.05) is 48.5 Å². The summed E-state index contributed by atoms with van der Waals surface area (Å²) in [6, 6.07) is 17.9. The summed E-state index contributed by atoms with van der Waals surface area (Å²) in [4.78, 5) is 26.9. The molecule has 3 rings (SSSR count). The number of hydrogen-bond acceptors (Lipinski definition) is 3. The molecule has 0 bridgehead atoms. The van der Waals surface area contributed by atoms with E-state index in [4.69, 9.17) is 4.74 Å². The highest BCUT2D eigenvalue weighted by Gasteiger charge is 2.11. The van der Waals surface area contributed by atoms with E-state index >= 15 is 0 Å². The summed E-state index contributed by atoms with van der Waals surface area (Å²) in [6.45, 7) is 0.320. The van der Waals surface area contributed by atoms with Gasteiger partial charge in [0.1, 0.15) is 0 Å². The summed E-state index contributed by atoms with van der Waals surface area (Å²) in [7, 11) is 0. The summed E-state index contributed by atoms with van der Waals surface area (Å²) in [6.07, 6.45) is 3.70. The Bertz CT molecular complexity index is 871. The van der Waals surface area contributed by atoms with E-state index < -0.39 is 5.97 Å².